The second-order valence-electron chi connectivity index (χ2n) is 4.96. The minimum atomic E-state index is -0.454. The van der Waals surface area contributed by atoms with Gasteiger partial charge in [-0.2, -0.15) is 0 Å². The second kappa shape index (κ2) is 6.23. The summed E-state index contributed by atoms with van der Waals surface area (Å²) < 4.78 is 11.4. The summed E-state index contributed by atoms with van der Waals surface area (Å²) >= 11 is 0. The summed E-state index contributed by atoms with van der Waals surface area (Å²) in [6.07, 6.45) is 1.19. The first kappa shape index (κ1) is 14.1. The Bertz CT molecular complexity index is 425. The molecule has 1 aliphatic rings. The number of nitrogens with zero attached hydrogens (tertiary/aromatic N) is 1. The summed E-state index contributed by atoms with van der Waals surface area (Å²) in [6.45, 7) is 1.84. The van der Waals surface area contributed by atoms with Gasteiger partial charge in [0, 0.05) is 18.7 Å². The van der Waals surface area contributed by atoms with Gasteiger partial charge in [0.15, 0.2) is 11.5 Å². The van der Waals surface area contributed by atoms with Gasteiger partial charge in [-0.25, -0.2) is 0 Å². The first-order valence-corrected chi connectivity index (χ1v) is 6.54. The Morgan fingerprint density at radius 1 is 1.53 bits per heavy atom. The first-order valence-electron chi connectivity index (χ1n) is 6.54. The molecule has 1 aliphatic heterocycles. The molecule has 2 rings (SSSR count). The number of nitrogens with two attached hydrogens (primary N) is 1. The lowest BCUT2D eigenvalue weighted by atomic mass is 10.1. The number of hydrogen-bond donors (Lipinski definition) is 2. The Balaban J connectivity index is 2.20. The van der Waals surface area contributed by atoms with Crippen LogP contribution in [0.5, 0.6) is 11.5 Å². The molecule has 0 radical (unpaired) electrons. The van der Waals surface area contributed by atoms with Gasteiger partial charge in [-0.3, -0.25) is 0 Å². The van der Waals surface area contributed by atoms with Crippen LogP contribution in [0, 0.1) is 0 Å². The van der Waals surface area contributed by atoms with Crippen LogP contribution >= 0.6 is 0 Å². The van der Waals surface area contributed by atoms with E-state index in [1.807, 2.05) is 18.2 Å². The molecule has 5 heteroatoms. The lowest BCUT2D eigenvalue weighted by Crippen LogP contribution is -2.22. The molecule has 0 bridgehead atoms. The minimum Gasteiger partial charge on any atom is -0.493 e. The van der Waals surface area contributed by atoms with E-state index in [1.54, 1.807) is 7.11 Å². The number of para-hydroxylation sites is 1. The zero-order chi connectivity index (χ0) is 13.8. The number of methoxy groups -OCH3 is 1. The van der Waals surface area contributed by atoms with Gasteiger partial charge in [-0.05, 0) is 19.5 Å². The highest BCUT2D eigenvalue weighted by molar-refractivity contribution is 5.48. The molecule has 2 unspecified atom stereocenters. The predicted octanol–water partition coefficient (Wildman–Crippen LogP) is 0.770. The van der Waals surface area contributed by atoms with Crippen LogP contribution in [0.1, 0.15) is 18.0 Å². The third-order valence-electron chi connectivity index (χ3n) is 3.45. The third-order valence-corrected chi connectivity index (χ3v) is 3.45. The van der Waals surface area contributed by atoms with E-state index in [2.05, 4.69) is 11.9 Å². The van der Waals surface area contributed by atoms with Crippen LogP contribution in [0.15, 0.2) is 18.2 Å². The molecule has 5 nitrogen and oxygen atoms in total. The summed E-state index contributed by atoms with van der Waals surface area (Å²) in [5, 5.41) is 9.19. The Labute approximate surface area is 113 Å². The fraction of sp³-hybridized carbons (Fsp3) is 0.571. The molecule has 1 fully saturated rings. The van der Waals surface area contributed by atoms with Crippen molar-refractivity contribution < 1.29 is 14.6 Å². The summed E-state index contributed by atoms with van der Waals surface area (Å²) in [6, 6.07) is 5.16. The molecule has 0 spiro atoms. The topological polar surface area (TPSA) is 68.0 Å². The molecule has 0 amide bonds. The quantitative estimate of drug-likeness (QED) is 0.824. The molecule has 0 aromatic heterocycles. The summed E-state index contributed by atoms with van der Waals surface area (Å²) in [5.74, 6) is 1.32. The van der Waals surface area contributed by atoms with E-state index < -0.39 is 6.04 Å². The molecule has 1 aromatic carbocycles. The average Bonchev–Trinajstić information content (AvgIpc) is 2.83. The van der Waals surface area contributed by atoms with Crippen molar-refractivity contribution in [2.24, 2.45) is 5.73 Å². The molecular formula is C14H22N2O3. The van der Waals surface area contributed by atoms with E-state index in [4.69, 9.17) is 15.2 Å². The normalized spacial score (nSPS) is 21.4. The van der Waals surface area contributed by atoms with Gasteiger partial charge in [0.25, 0.3) is 0 Å². The Hall–Kier alpha value is -1.30. The zero-order valence-electron chi connectivity index (χ0n) is 11.5. The van der Waals surface area contributed by atoms with Crippen LogP contribution in [0.2, 0.25) is 0 Å². The monoisotopic (exact) mass is 266 g/mol. The zero-order valence-corrected chi connectivity index (χ0v) is 11.5. The summed E-state index contributed by atoms with van der Waals surface area (Å²) in [7, 11) is 3.68. The number of likely N-dealkylation sites (tertiary alicyclic amines) is 1. The molecular weight excluding hydrogens is 244 g/mol. The van der Waals surface area contributed by atoms with Crippen molar-refractivity contribution in [1.29, 1.82) is 0 Å². The molecule has 3 N–H and O–H groups in total. The molecule has 1 heterocycles. The van der Waals surface area contributed by atoms with E-state index in [0.29, 0.717) is 11.5 Å². The Morgan fingerprint density at radius 3 is 2.89 bits per heavy atom. The maximum atomic E-state index is 9.19. The molecule has 0 aliphatic carbocycles. The van der Waals surface area contributed by atoms with Gasteiger partial charge in [-0.1, -0.05) is 12.1 Å². The van der Waals surface area contributed by atoms with Gasteiger partial charge in [0.2, 0.25) is 0 Å². The van der Waals surface area contributed by atoms with Gasteiger partial charge < -0.3 is 25.2 Å². The molecule has 2 atom stereocenters. The molecule has 1 saturated heterocycles. The van der Waals surface area contributed by atoms with Crippen LogP contribution in [-0.2, 0) is 0 Å². The van der Waals surface area contributed by atoms with Crippen LogP contribution in [0.4, 0.5) is 0 Å². The predicted molar refractivity (Wildman–Crippen MR) is 73.5 cm³/mol. The average molecular weight is 266 g/mol. The largest absolute Gasteiger partial charge is 0.493 e. The standard InChI is InChI=1S/C14H22N2O3/c1-16-7-6-10(8-16)19-13-5-3-4-11(12(15)9-17)14(13)18-2/h3-5,10,12,17H,6-9,15H2,1-2H3. The number of benzene rings is 1. The molecule has 1 aromatic rings. The van der Waals surface area contributed by atoms with Gasteiger partial charge >= 0.3 is 0 Å². The lowest BCUT2D eigenvalue weighted by Gasteiger charge is -2.20. The first-order chi connectivity index (χ1) is 9.15. The number of ether oxygens (including phenoxy) is 2. The van der Waals surface area contributed by atoms with E-state index in [1.165, 1.54) is 0 Å². The molecule has 106 valence electrons. The second-order valence-corrected chi connectivity index (χ2v) is 4.96. The van der Waals surface area contributed by atoms with Crippen LogP contribution in [-0.4, -0.2) is 50.0 Å². The van der Waals surface area contributed by atoms with Gasteiger partial charge in [0.05, 0.1) is 19.8 Å². The number of likely N-dealkylation sites (N-methyl/N-ethyl adjacent to an activating group) is 1. The Kier molecular flexibility index (Phi) is 4.63. The van der Waals surface area contributed by atoms with Crippen LogP contribution < -0.4 is 15.2 Å². The number of aliphatic hydroxyl groups excluding tert-OH is 1. The summed E-state index contributed by atoms with van der Waals surface area (Å²) in [5.41, 5.74) is 6.65. The van der Waals surface area contributed by atoms with Crippen molar-refractivity contribution in [3.8, 4) is 11.5 Å². The van der Waals surface area contributed by atoms with E-state index >= 15 is 0 Å². The SMILES string of the molecule is COc1c(OC2CCN(C)C2)cccc1C(N)CO. The highest BCUT2D eigenvalue weighted by Crippen LogP contribution is 2.35. The van der Waals surface area contributed by atoms with Crippen molar-refractivity contribution in [2.75, 3.05) is 33.9 Å². The van der Waals surface area contributed by atoms with Crippen molar-refractivity contribution in [3.63, 3.8) is 0 Å². The molecule has 19 heavy (non-hydrogen) atoms. The number of hydrogen-bond acceptors (Lipinski definition) is 5. The fourth-order valence-electron chi connectivity index (χ4n) is 2.40. The van der Waals surface area contributed by atoms with Crippen molar-refractivity contribution in [1.82, 2.24) is 4.90 Å². The van der Waals surface area contributed by atoms with E-state index in [9.17, 15) is 5.11 Å². The van der Waals surface area contributed by atoms with E-state index in [-0.39, 0.29) is 12.7 Å². The number of aliphatic hydroxyl groups is 1. The van der Waals surface area contributed by atoms with Gasteiger partial charge in [0.1, 0.15) is 6.10 Å². The smallest absolute Gasteiger partial charge is 0.165 e. The maximum absolute atomic E-state index is 9.19. The fourth-order valence-corrected chi connectivity index (χ4v) is 2.40. The highest BCUT2D eigenvalue weighted by Gasteiger charge is 2.23. The number of rotatable bonds is 5. The van der Waals surface area contributed by atoms with E-state index in [0.717, 1.165) is 25.1 Å². The lowest BCUT2D eigenvalue weighted by molar-refractivity contribution is 0.198. The van der Waals surface area contributed by atoms with Crippen LogP contribution in [0.25, 0.3) is 0 Å². The minimum absolute atomic E-state index is 0.119. The summed E-state index contributed by atoms with van der Waals surface area (Å²) in [4.78, 5) is 2.24. The van der Waals surface area contributed by atoms with Crippen molar-refractivity contribution in [3.05, 3.63) is 23.8 Å². The van der Waals surface area contributed by atoms with Crippen molar-refractivity contribution in [2.45, 2.75) is 18.6 Å². The highest BCUT2D eigenvalue weighted by atomic mass is 16.5. The van der Waals surface area contributed by atoms with Gasteiger partial charge in [-0.15, -0.1) is 0 Å². The molecule has 0 saturated carbocycles. The maximum Gasteiger partial charge on any atom is 0.165 e. The third kappa shape index (κ3) is 3.18. The van der Waals surface area contributed by atoms with Crippen LogP contribution in [0.3, 0.4) is 0 Å². The van der Waals surface area contributed by atoms with Crippen molar-refractivity contribution >= 4 is 0 Å². The Morgan fingerprint density at radius 2 is 2.32 bits per heavy atom.